The van der Waals surface area contributed by atoms with Crippen LogP contribution >= 0.6 is 0 Å². The van der Waals surface area contributed by atoms with E-state index in [1.165, 1.54) is 29.5 Å². The van der Waals surface area contributed by atoms with Gasteiger partial charge in [0.1, 0.15) is 0 Å². The van der Waals surface area contributed by atoms with Gasteiger partial charge >= 0.3 is 0 Å². The molecule has 5 rings (SSSR count). The third-order valence-electron chi connectivity index (χ3n) is 6.47. The SMILES string of the molecule is COc1ccc(Cc2nc3c(c4c2[nH]c2ccccc24)CCN(C(C)CN)C3)cc1F. The number of nitrogens with two attached hydrogens (primary N) is 1. The number of hydrogen-bond donors (Lipinski definition) is 2. The van der Waals surface area contributed by atoms with Crippen LogP contribution in [0, 0.1) is 5.82 Å². The average Bonchev–Trinajstić information content (AvgIpc) is 3.18. The third-order valence-corrected chi connectivity index (χ3v) is 6.47. The van der Waals surface area contributed by atoms with Crippen molar-refractivity contribution in [2.75, 3.05) is 20.2 Å². The van der Waals surface area contributed by atoms with Gasteiger partial charge in [0.2, 0.25) is 0 Å². The maximum Gasteiger partial charge on any atom is 0.165 e. The van der Waals surface area contributed by atoms with E-state index in [0.29, 0.717) is 19.0 Å². The molecule has 1 aliphatic heterocycles. The van der Waals surface area contributed by atoms with Gasteiger partial charge in [0.25, 0.3) is 0 Å². The van der Waals surface area contributed by atoms with Crippen molar-refractivity contribution in [2.45, 2.75) is 32.4 Å². The van der Waals surface area contributed by atoms with Crippen LogP contribution in [0.2, 0.25) is 0 Å². The molecule has 31 heavy (non-hydrogen) atoms. The molecule has 0 saturated carbocycles. The smallest absolute Gasteiger partial charge is 0.165 e. The second-order valence-corrected chi connectivity index (χ2v) is 8.36. The average molecular weight is 419 g/mol. The van der Waals surface area contributed by atoms with Crippen LogP contribution < -0.4 is 10.5 Å². The molecule has 0 amide bonds. The Labute approximate surface area is 181 Å². The van der Waals surface area contributed by atoms with Crippen molar-refractivity contribution in [3.63, 3.8) is 0 Å². The lowest BCUT2D eigenvalue weighted by molar-refractivity contribution is 0.192. The monoisotopic (exact) mass is 418 g/mol. The van der Waals surface area contributed by atoms with Gasteiger partial charge in [0, 0.05) is 48.4 Å². The number of hydrogen-bond acceptors (Lipinski definition) is 4. The summed E-state index contributed by atoms with van der Waals surface area (Å²) in [5.41, 5.74) is 12.3. The number of H-pyrrole nitrogens is 1. The van der Waals surface area contributed by atoms with Gasteiger partial charge in [-0.1, -0.05) is 24.3 Å². The minimum atomic E-state index is -0.353. The zero-order chi connectivity index (χ0) is 21.5. The lowest BCUT2D eigenvalue weighted by atomic mass is 9.95. The minimum absolute atomic E-state index is 0.254. The van der Waals surface area contributed by atoms with Crippen molar-refractivity contribution in [3.8, 4) is 5.75 Å². The van der Waals surface area contributed by atoms with E-state index in [2.05, 4.69) is 35.0 Å². The zero-order valence-corrected chi connectivity index (χ0v) is 17.9. The molecule has 1 aliphatic rings. The summed E-state index contributed by atoms with van der Waals surface area (Å²) < 4.78 is 19.4. The minimum Gasteiger partial charge on any atom is -0.494 e. The van der Waals surface area contributed by atoms with Crippen LogP contribution in [0.1, 0.15) is 29.4 Å². The van der Waals surface area contributed by atoms with E-state index in [0.717, 1.165) is 47.5 Å². The highest BCUT2D eigenvalue weighted by molar-refractivity contribution is 6.10. The molecule has 1 atom stereocenters. The van der Waals surface area contributed by atoms with Gasteiger partial charge in [0.15, 0.2) is 11.6 Å². The molecule has 0 spiro atoms. The van der Waals surface area contributed by atoms with Gasteiger partial charge in [-0.3, -0.25) is 9.88 Å². The highest BCUT2D eigenvalue weighted by Gasteiger charge is 2.26. The van der Waals surface area contributed by atoms with Crippen LogP contribution in [0.4, 0.5) is 4.39 Å². The number of para-hydroxylation sites is 1. The van der Waals surface area contributed by atoms with Gasteiger partial charge in [-0.05, 0) is 42.7 Å². The van der Waals surface area contributed by atoms with Gasteiger partial charge in [0.05, 0.1) is 24.0 Å². The summed E-state index contributed by atoms with van der Waals surface area (Å²) >= 11 is 0. The first-order valence-corrected chi connectivity index (χ1v) is 10.8. The summed E-state index contributed by atoms with van der Waals surface area (Å²) in [6.07, 6.45) is 1.49. The number of nitrogens with one attached hydrogen (secondary N) is 1. The van der Waals surface area contributed by atoms with E-state index in [1.807, 2.05) is 12.1 Å². The molecule has 0 bridgehead atoms. The molecule has 160 valence electrons. The summed E-state index contributed by atoms with van der Waals surface area (Å²) in [7, 11) is 1.48. The van der Waals surface area contributed by atoms with E-state index in [1.54, 1.807) is 6.07 Å². The molecule has 4 aromatic rings. The Bertz CT molecular complexity index is 1270. The fraction of sp³-hybridized carbons (Fsp3) is 0.320. The number of pyridine rings is 1. The van der Waals surface area contributed by atoms with Crippen LogP contribution in [0.3, 0.4) is 0 Å². The van der Waals surface area contributed by atoms with E-state index in [4.69, 9.17) is 15.5 Å². The standard InChI is InChI=1S/C25H27FN4O/c1-15(13-27)30-10-9-18-22(14-30)28-21(12-16-7-8-23(31-2)19(26)11-16)25-24(18)17-5-3-4-6-20(17)29-25/h3-8,11,15,29H,9-10,12-14,27H2,1-2H3. The quantitative estimate of drug-likeness (QED) is 0.511. The van der Waals surface area contributed by atoms with Crippen molar-refractivity contribution >= 4 is 21.8 Å². The number of methoxy groups -OCH3 is 1. The summed E-state index contributed by atoms with van der Waals surface area (Å²) in [6, 6.07) is 13.8. The fourth-order valence-electron chi connectivity index (χ4n) is 4.70. The van der Waals surface area contributed by atoms with E-state index in [-0.39, 0.29) is 11.6 Å². The third kappa shape index (κ3) is 3.46. The number of ether oxygens (including phenoxy) is 1. The molecule has 0 radical (unpaired) electrons. The van der Waals surface area contributed by atoms with E-state index < -0.39 is 0 Å². The second-order valence-electron chi connectivity index (χ2n) is 8.36. The molecule has 6 heteroatoms. The van der Waals surface area contributed by atoms with E-state index in [9.17, 15) is 4.39 Å². The molecular formula is C25H27FN4O. The molecule has 2 aromatic carbocycles. The number of rotatable bonds is 5. The Morgan fingerprint density at radius 3 is 2.87 bits per heavy atom. The summed E-state index contributed by atoms with van der Waals surface area (Å²) in [4.78, 5) is 11.1. The molecule has 0 saturated heterocycles. The van der Waals surface area contributed by atoms with Crippen LogP contribution in [0.15, 0.2) is 42.5 Å². The predicted octanol–water partition coefficient (Wildman–Crippen LogP) is 4.16. The normalized spacial score (nSPS) is 15.4. The Morgan fingerprint density at radius 1 is 1.26 bits per heavy atom. The summed E-state index contributed by atoms with van der Waals surface area (Å²) in [6.45, 7) is 4.55. The van der Waals surface area contributed by atoms with E-state index >= 15 is 0 Å². The van der Waals surface area contributed by atoms with Crippen LogP contribution in [-0.4, -0.2) is 41.1 Å². The number of benzene rings is 2. The highest BCUT2D eigenvalue weighted by atomic mass is 19.1. The van der Waals surface area contributed by atoms with Crippen LogP contribution in [-0.2, 0) is 19.4 Å². The largest absolute Gasteiger partial charge is 0.494 e. The molecular weight excluding hydrogens is 391 g/mol. The maximum atomic E-state index is 14.3. The topological polar surface area (TPSA) is 67.2 Å². The first-order chi connectivity index (χ1) is 15.1. The van der Waals surface area contributed by atoms with Crippen molar-refractivity contribution < 1.29 is 9.13 Å². The Morgan fingerprint density at radius 2 is 2.10 bits per heavy atom. The van der Waals surface area contributed by atoms with Crippen molar-refractivity contribution in [2.24, 2.45) is 5.73 Å². The van der Waals surface area contributed by atoms with Gasteiger partial charge in [-0.25, -0.2) is 4.39 Å². The number of halogens is 1. The first-order valence-electron chi connectivity index (χ1n) is 10.8. The van der Waals surface area contributed by atoms with Gasteiger partial charge in [-0.2, -0.15) is 0 Å². The number of fused-ring (bicyclic) bond motifs is 5. The van der Waals surface area contributed by atoms with Crippen LogP contribution in [0.5, 0.6) is 5.75 Å². The second kappa shape index (κ2) is 7.94. The predicted molar refractivity (Wildman–Crippen MR) is 122 cm³/mol. The molecule has 3 heterocycles. The molecule has 0 aliphatic carbocycles. The van der Waals surface area contributed by atoms with Gasteiger partial charge < -0.3 is 15.5 Å². The number of aromatic amines is 1. The lowest BCUT2D eigenvalue weighted by Crippen LogP contribution is -2.42. The Hall–Kier alpha value is -2.96. The number of aromatic nitrogens is 2. The fourth-order valence-corrected chi connectivity index (χ4v) is 4.70. The van der Waals surface area contributed by atoms with Crippen LogP contribution in [0.25, 0.3) is 21.8 Å². The summed E-state index contributed by atoms with van der Waals surface area (Å²) in [5, 5.41) is 2.48. The number of nitrogens with zero attached hydrogens (tertiary/aromatic N) is 2. The zero-order valence-electron chi connectivity index (χ0n) is 17.9. The molecule has 1 unspecified atom stereocenters. The Kier molecular flexibility index (Phi) is 5.12. The molecule has 3 N–H and O–H groups in total. The van der Waals surface area contributed by atoms with Crippen molar-refractivity contribution in [3.05, 3.63) is 70.8 Å². The molecule has 2 aromatic heterocycles. The Balaban J connectivity index is 1.66. The van der Waals surface area contributed by atoms with Gasteiger partial charge in [-0.15, -0.1) is 0 Å². The summed E-state index contributed by atoms with van der Waals surface area (Å²) in [5.74, 6) is -0.0990. The van der Waals surface area contributed by atoms with Crippen molar-refractivity contribution in [1.82, 2.24) is 14.9 Å². The van der Waals surface area contributed by atoms with Crippen molar-refractivity contribution in [1.29, 1.82) is 0 Å². The maximum absolute atomic E-state index is 14.3. The highest BCUT2D eigenvalue weighted by Crippen LogP contribution is 2.35. The molecule has 0 fully saturated rings. The molecule has 5 nitrogen and oxygen atoms in total. The lowest BCUT2D eigenvalue weighted by Gasteiger charge is -2.33. The first kappa shape index (κ1) is 20.0.